The van der Waals surface area contributed by atoms with Crippen LogP contribution in [0.5, 0.6) is 5.75 Å². The van der Waals surface area contributed by atoms with Gasteiger partial charge in [-0.1, -0.05) is 43.3 Å². The number of aliphatic hydroxyl groups is 1. The molecule has 0 aliphatic rings. The SMILES string of the molecule is CCC(=O)c1ccc(OC[C@@H](O)CN[C@@H](C)c2ccc3ccccc3c2)cc1. The van der Waals surface area contributed by atoms with E-state index in [1.54, 1.807) is 24.3 Å². The summed E-state index contributed by atoms with van der Waals surface area (Å²) in [6.45, 7) is 4.55. The molecular formula is C24H27NO3. The van der Waals surface area contributed by atoms with Gasteiger partial charge in [-0.05, 0) is 53.6 Å². The highest BCUT2D eigenvalue weighted by Crippen LogP contribution is 2.20. The van der Waals surface area contributed by atoms with Gasteiger partial charge >= 0.3 is 0 Å². The third kappa shape index (κ3) is 5.18. The van der Waals surface area contributed by atoms with E-state index in [4.69, 9.17) is 4.74 Å². The van der Waals surface area contributed by atoms with Crippen LogP contribution in [0.2, 0.25) is 0 Å². The number of hydrogen-bond acceptors (Lipinski definition) is 4. The maximum Gasteiger partial charge on any atom is 0.162 e. The van der Waals surface area contributed by atoms with E-state index in [2.05, 4.69) is 42.6 Å². The number of carbonyl (C=O) groups is 1. The summed E-state index contributed by atoms with van der Waals surface area (Å²) in [7, 11) is 0. The lowest BCUT2D eigenvalue weighted by atomic mass is 10.0. The molecule has 0 radical (unpaired) electrons. The first kappa shape index (κ1) is 20.1. The van der Waals surface area contributed by atoms with Crippen LogP contribution in [0.4, 0.5) is 0 Å². The molecule has 0 saturated carbocycles. The predicted molar refractivity (Wildman–Crippen MR) is 113 cm³/mol. The van der Waals surface area contributed by atoms with Gasteiger partial charge in [-0.25, -0.2) is 0 Å². The molecule has 4 nitrogen and oxygen atoms in total. The van der Waals surface area contributed by atoms with Crippen molar-refractivity contribution in [2.45, 2.75) is 32.4 Å². The Balaban J connectivity index is 1.47. The van der Waals surface area contributed by atoms with Crippen LogP contribution in [-0.2, 0) is 0 Å². The molecule has 3 aromatic rings. The second-order valence-electron chi connectivity index (χ2n) is 7.00. The van der Waals surface area contributed by atoms with E-state index in [0.717, 1.165) is 0 Å². The Morgan fingerprint density at radius 3 is 2.46 bits per heavy atom. The molecule has 2 atom stereocenters. The zero-order valence-electron chi connectivity index (χ0n) is 16.4. The second-order valence-corrected chi connectivity index (χ2v) is 7.00. The van der Waals surface area contributed by atoms with E-state index in [0.29, 0.717) is 24.3 Å². The molecule has 0 unspecified atom stereocenters. The zero-order chi connectivity index (χ0) is 19.9. The lowest BCUT2D eigenvalue weighted by Crippen LogP contribution is -2.33. The largest absolute Gasteiger partial charge is 0.491 e. The summed E-state index contributed by atoms with van der Waals surface area (Å²) in [6.07, 6.45) is -0.139. The Kier molecular flexibility index (Phi) is 6.80. The molecular weight excluding hydrogens is 350 g/mol. The van der Waals surface area contributed by atoms with Crippen LogP contribution in [0.1, 0.15) is 42.2 Å². The topological polar surface area (TPSA) is 58.6 Å². The molecule has 0 aliphatic heterocycles. The summed E-state index contributed by atoms with van der Waals surface area (Å²) in [5.74, 6) is 0.757. The van der Waals surface area contributed by atoms with E-state index >= 15 is 0 Å². The Labute approximate surface area is 166 Å². The van der Waals surface area contributed by atoms with Crippen molar-refractivity contribution >= 4 is 16.6 Å². The van der Waals surface area contributed by atoms with Crippen molar-refractivity contribution in [3.8, 4) is 5.75 Å². The lowest BCUT2D eigenvalue weighted by molar-refractivity contribution is 0.0986. The molecule has 0 saturated heterocycles. The number of aliphatic hydroxyl groups excluding tert-OH is 1. The molecule has 0 spiro atoms. The van der Waals surface area contributed by atoms with Crippen LogP contribution in [0, 0.1) is 0 Å². The molecule has 0 amide bonds. The second kappa shape index (κ2) is 9.49. The van der Waals surface area contributed by atoms with Crippen molar-refractivity contribution in [3.63, 3.8) is 0 Å². The van der Waals surface area contributed by atoms with Crippen LogP contribution < -0.4 is 10.1 Å². The van der Waals surface area contributed by atoms with Crippen LogP contribution in [-0.4, -0.2) is 30.1 Å². The summed E-state index contributed by atoms with van der Waals surface area (Å²) < 4.78 is 5.63. The number of benzene rings is 3. The molecule has 0 aliphatic carbocycles. The summed E-state index contributed by atoms with van der Waals surface area (Å²) in [5, 5.41) is 16.0. The lowest BCUT2D eigenvalue weighted by Gasteiger charge is -2.18. The van der Waals surface area contributed by atoms with Crippen LogP contribution in [0.15, 0.2) is 66.7 Å². The Hall–Kier alpha value is -2.69. The van der Waals surface area contributed by atoms with Gasteiger partial charge in [0.15, 0.2) is 5.78 Å². The summed E-state index contributed by atoms with van der Waals surface area (Å²) in [5.41, 5.74) is 1.87. The van der Waals surface area contributed by atoms with Gasteiger partial charge < -0.3 is 15.2 Å². The quantitative estimate of drug-likeness (QED) is 0.538. The maximum absolute atomic E-state index is 11.6. The highest BCUT2D eigenvalue weighted by Gasteiger charge is 2.10. The van der Waals surface area contributed by atoms with Crippen molar-refractivity contribution in [3.05, 3.63) is 77.9 Å². The fourth-order valence-electron chi connectivity index (χ4n) is 3.10. The van der Waals surface area contributed by atoms with Crippen LogP contribution >= 0.6 is 0 Å². The van der Waals surface area contributed by atoms with Gasteiger partial charge in [-0.2, -0.15) is 0 Å². The molecule has 0 bridgehead atoms. The van der Waals surface area contributed by atoms with Crippen LogP contribution in [0.3, 0.4) is 0 Å². The number of Topliss-reactive ketones (excluding diaryl/α,β-unsaturated/α-hetero) is 1. The van der Waals surface area contributed by atoms with Crippen LogP contribution in [0.25, 0.3) is 10.8 Å². The molecule has 28 heavy (non-hydrogen) atoms. The Morgan fingerprint density at radius 2 is 1.75 bits per heavy atom. The standard InChI is InChI=1S/C24H27NO3/c1-3-24(27)19-10-12-23(13-11-19)28-16-22(26)15-25-17(2)20-9-8-18-6-4-5-7-21(18)14-20/h4-14,17,22,25-26H,3,15-16H2,1-2H3/t17-,22-/m0/s1. The van der Waals surface area contributed by atoms with Gasteiger partial charge in [0.2, 0.25) is 0 Å². The molecule has 0 fully saturated rings. The van der Waals surface area contributed by atoms with E-state index in [9.17, 15) is 9.90 Å². The third-order valence-corrected chi connectivity index (χ3v) is 4.87. The summed E-state index contributed by atoms with van der Waals surface area (Å²) in [4.78, 5) is 11.6. The number of rotatable bonds is 9. The van der Waals surface area contributed by atoms with Crippen molar-refractivity contribution in [1.82, 2.24) is 5.32 Å². The van der Waals surface area contributed by atoms with E-state index < -0.39 is 6.10 Å². The van der Waals surface area contributed by atoms with E-state index in [1.165, 1.54) is 16.3 Å². The van der Waals surface area contributed by atoms with E-state index in [1.807, 2.05) is 19.1 Å². The van der Waals surface area contributed by atoms with Crippen molar-refractivity contribution in [2.75, 3.05) is 13.2 Å². The number of ether oxygens (including phenoxy) is 1. The number of hydrogen-bond donors (Lipinski definition) is 2. The first-order chi connectivity index (χ1) is 13.6. The summed E-state index contributed by atoms with van der Waals surface area (Å²) in [6, 6.07) is 21.9. The molecule has 146 valence electrons. The van der Waals surface area contributed by atoms with Crippen molar-refractivity contribution in [2.24, 2.45) is 0 Å². The average molecular weight is 377 g/mol. The van der Waals surface area contributed by atoms with E-state index in [-0.39, 0.29) is 18.4 Å². The van der Waals surface area contributed by atoms with Gasteiger partial charge in [0.25, 0.3) is 0 Å². The maximum atomic E-state index is 11.6. The Bertz CT molecular complexity index is 921. The first-order valence-corrected chi connectivity index (χ1v) is 9.73. The van der Waals surface area contributed by atoms with Gasteiger partial charge in [-0.15, -0.1) is 0 Å². The number of fused-ring (bicyclic) bond motifs is 1. The number of ketones is 1. The minimum absolute atomic E-state index is 0.110. The first-order valence-electron chi connectivity index (χ1n) is 9.73. The molecule has 2 N–H and O–H groups in total. The molecule has 4 heteroatoms. The molecule has 0 aromatic heterocycles. The predicted octanol–water partition coefficient (Wildman–Crippen LogP) is 4.52. The van der Waals surface area contributed by atoms with Gasteiger partial charge in [0.1, 0.15) is 18.5 Å². The third-order valence-electron chi connectivity index (χ3n) is 4.87. The smallest absolute Gasteiger partial charge is 0.162 e. The zero-order valence-corrected chi connectivity index (χ0v) is 16.4. The minimum atomic E-state index is -0.625. The number of carbonyl (C=O) groups excluding carboxylic acids is 1. The molecule has 0 heterocycles. The van der Waals surface area contributed by atoms with Crippen molar-refractivity contribution < 1.29 is 14.6 Å². The number of nitrogens with one attached hydrogen (secondary N) is 1. The average Bonchev–Trinajstić information content (AvgIpc) is 2.75. The highest BCUT2D eigenvalue weighted by atomic mass is 16.5. The Morgan fingerprint density at radius 1 is 1.04 bits per heavy atom. The van der Waals surface area contributed by atoms with Gasteiger partial charge in [0.05, 0.1) is 0 Å². The normalized spacial score (nSPS) is 13.2. The van der Waals surface area contributed by atoms with Gasteiger partial charge in [0, 0.05) is 24.6 Å². The van der Waals surface area contributed by atoms with Crippen molar-refractivity contribution in [1.29, 1.82) is 0 Å². The highest BCUT2D eigenvalue weighted by molar-refractivity contribution is 5.95. The van der Waals surface area contributed by atoms with Gasteiger partial charge in [-0.3, -0.25) is 4.79 Å². The minimum Gasteiger partial charge on any atom is -0.491 e. The summed E-state index contributed by atoms with van der Waals surface area (Å²) >= 11 is 0. The molecule has 3 aromatic carbocycles. The fraction of sp³-hybridized carbons (Fsp3) is 0.292. The monoisotopic (exact) mass is 377 g/mol. The fourth-order valence-corrected chi connectivity index (χ4v) is 3.10. The molecule has 3 rings (SSSR count).